The fourth-order valence-corrected chi connectivity index (χ4v) is 5.80. The first-order valence-corrected chi connectivity index (χ1v) is 12.9. The number of nitrogens with zero attached hydrogens (tertiary/aromatic N) is 2. The fraction of sp³-hybridized carbons (Fsp3) is 0.259. The molecule has 0 aliphatic carbocycles. The highest BCUT2D eigenvalue weighted by molar-refractivity contribution is 7.17. The summed E-state index contributed by atoms with van der Waals surface area (Å²) in [4.78, 5) is 45.1. The number of ketones is 1. The van der Waals surface area contributed by atoms with E-state index < -0.39 is 23.7 Å². The summed E-state index contributed by atoms with van der Waals surface area (Å²) < 4.78 is 10.9. The lowest BCUT2D eigenvalue weighted by Gasteiger charge is -2.23. The first-order chi connectivity index (χ1) is 17.7. The topological polar surface area (TPSA) is 106 Å². The lowest BCUT2D eigenvalue weighted by Crippen LogP contribution is -2.29. The summed E-state index contributed by atoms with van der Waals surface area (Å²) in [6.45, 7) is 5.46. The molecular weight excluding hydrogens is 516 g/mol. The van der Waals surface area contributed by atoms with E-state index in [1.807, 2.05) is 6.92 Å². The van der Waals surface area contributed by atoms with Crippen LogP contribution in [0.4, 0.5) is 5.13 Å². The van der Waals surface area contributed by atoms with Crippen molar-refractivity contribution in [2.45, 2.75) is 39.3 Å². The highest BCUT2D eigenvalue weighted by atomic mass is 35.5. The molecule has 2 atom stereocenters. The van der Waals surface area contributed by atoms with Crippen molar-refractivity contribution in [3.05, 3.63) is 80.3 Å². The molecule has 10 heteroatoms. The molecule has 0 spiro atoms. The van der Waals surface area contributed by atoms with Crippen molar-refractivity contribution in [1.82, 2.24) is 4.98 Å². The number of Topliss-reactive ketones (excluding diaryl/α,β-unsaturated/α-hetero) is 1. The summed E-state index contributed by atoms with van der Waals surface area (Å²) in [5.41, 5.74) is 2.09. The van der Waals surface area contributed by atoms with Gasteiger partial charge in [0.1, 0.15) is 22.5 Å². The van der Waals surface area contributed by atoms with Crippen molar-refractivity contribution in [1.29, 1.82) is 0 Å². The third-order valence-electron chi connectivity index (χ3n) is 6.23. The Hall–Kier alpha value is -3.69. The molecular formula is C27H23ClN2O6S. The predicted molar refractivity (Wildman–Crippen MR) is 139 cm³/mol. The number of hydrogen-bond donors (Lipinski definition) is 1. The molecule has 1 fully saturated rings. The van der Waals surface area contributed by atoms with Crippen LogP contribution in [0.15, 0.2) is 48.0 Å². The van der Waals surface area contributed by atoms with Gasteiger partial charge in [-0.05, 0) is 62.2 Å². The van der Waals surface area contributed by atoms with E-state index in [2.05, 4.69) is 4.98 Å². The third-order valence-corrected chi connectivity index (χ3v) is 7.60. The normalized spacial score (nSPS) is 20.2. The average Bonchev–Trinajstić information content (AvgIpc) is 3.51. The molecule has 0 radical (unpaired) electrons. The van der Waals surface area contributed by atoms with Gasteiger partial charge in [-0.3, -0.25) is 14.5 Å². The number of benzene rings is 2. The molecule has 1 amide bonds. The van der Waals surface area contributed by atoms with Crippen LogP contribution in [-0.4, -0.2) is 40.5 Å². The van der Waals surface area contributed by atoms with Gasteiger partial charge in [0, 0.05) is 17.0 Å². The number of hydrogen-bond acceptors (Lipinski definition) is 8. The molecule has 2 aliphatic rings. The average molecular weight is 539 g/mol. The predicted octanol–water partition coefficient (Wildman–Crippen LogP) is 5.23. The molecule has 8 nitrogen and oxygen atoms in total. The smallest absolute Gasteiger partial charge is 0.350 e. The maximum Gasteiger partial charge on any atom is 0.350 e. The Labute approximate surface area is 222 Å². The van der Waals surface area contributed by atoms with Gasteiger partial charge in [-0.1, -0.05) is 35.1 Å². The van der Waals surface area contributed by atoms with Crippen LogP contribution in [0.2, 0.25) is 5.02 Å². The Kier molecular flexibility index (Phi) is 6.51. The number of carbonyl (C=O) groups excluding carboxylic acids is 3. The Morgan fingerprint density at radius 3 is 2.78 bits per heavy atom. The molecule has 2 aliphatic heterocycles. The highest BCUT2D eigenvalue weighted by Gasteiger charge is 2.48. The summed E-state index contributed by atoms with van der Waals surface area (Å²) >= 11 is 7.22. The van der Waals surface area contributed by atoms with Crippen LogP contribution < -0.4 is 9.64 Å². The number of fused-ring (bicyclic) bond motifs is 1. The first kappa shape index (κ1) is 25.0. The van der Waals surface area contributed by atoms with E-state index >= 15 is 0 Å². The summed E-state index contributed by atoms with van der Waals surface area (Å²) in [5.74, 6) is -1.88. The second kappa shape index (κ2) is 9.64. The Balaban J connectivity index is 1.67. The van der Waals surface area contributed by atoms with Crippen LogP contribution in [0.1, 0.15) is 51.9 Å². The van der Waals surface area contributed by atoms with Crippen LogP contribution in [0.5, 0.6) is 5.75 Å². The maximum atomic E-state index is 13.4. The summed E-state index contributed by atoms with van der Waals surface area (Å²) in [5, 5.41) is 11.9. The minimum Gasteiger partial charge on any atom is -0.507 e. The van der Waals surface area contributed by atoms with E-state index in [1.54, 1.807) is 56.3 Å². The van der Waals surface area contributed by atoms with Crippen molar-refractivity contribution in [2.75, 3.05) is 11.5 Å². The van der Waals surface area contributed by atoms with Gasteiger partial charge < -0.3 is 14.6 Å². The Morgan fingerprint density at radius 2 is 2.05 bits per heavy atom. The van der Waals surface area contributed by atoms with Gasteiger partial charge in [0.05, 0.1) is 23.9 Å². The number of amides is 1. The third kappa shape index (κ3) is 4.38. The van der Waals surface area contributed by atoms with Gasteiger partial charge in [0.25, 0.3) is 5.78 Å². The summed E-state index contributed by atoms with van der Waals surface area (Å²) in [6, 6.07) is 10.9. The molecule has 37 heavy (non-hydrogen) atoms. The maximum absolute atomic E-state index is 13.4. The van der Waals surface area contributed by atoms with Crippen molar-refractivity contribution in [2.24, 2.45) is 0 Å². The minimum absolute atomic E-state index is 0.00572. The Bertz CT molecular complexity index is 1480. The molecule has 2 aromatic carbocycles. The number of rotatable bonds is 5. The molecule has 5 rings (SSSR count). The number of aromatic nitrogens is 1. The molecule has 0 bridgehead atoms. The number of ether oxygens (including phenoxy) is 2. The van der Waals surface area contributed by atoms with Crippen LogP contribution in [0, 0.1) is 6.92 Å². The number of halogens is 1. The van der Waals surface area contributed by atoms with Gasteiger partial charge in [-0.15, -0.1) is 0 Å². The van der Waals surface area contributed by atoms with E-state index in [1.165, 1.54) is 4.90 Å². The summed E-state index contributed by atoms with van der Waals surface area (Å²) in [6.07, 6.45) is 0.670. The van der Waals surface area contributed by atoms with Crippen LogP contribution in [0.25, 0.3) is 5.76 Å². The molecule has 1 aromatic heterocycles. The van der Waals surface area contributed by atoms with Crippen molar-refractivity contribution < 1.29 is 29.0 Å². The second-order valence-corrected chi connectivity index (χ2v) is 10.2. The van der Waals surface area contributed by atoms with Crippen LogP contribution >= 0.6 is 22.9 Å². The zero-order valence-corrected chi connectivity index (χ0v) is 21.9. The van der Waals surface area contributed by atoms with Gasteiger partial charge in [-0.25, -0.2) is 9.78 Å². The molecule has 0 unspecified atom stereocenters. The zero-order chi connectivity index (χ0) is 26.4. The number of aliphatic hydroxyl groups is 1. The van der Waals surface area contributed by atoms with Gasteiger partial charge in [0.2, 0.25) is 0 Å². The van der Waals surface area contributed by atoms with Gasteiger partial charge >= 0.3 is 11.9 Å². The minimum atomic E-state index is -1.01. The molecule has 1 N–H and O–H groups in total. The van der Waals surface area contributed by atoms with Gasteiger partial charge in [-0.2, -0.15) is 0 Å². The number of anilines is 1. The highest BCUT2D eigenvalue weighted by Crippen LogP contribution is 2.44. The lowest BCUT2D eigenvalue weighted by atomic mass is 9.94. The monoisotopic (exact) mass is 538 g/mol. The van der Waals surface area contributed by atoms with E-state index in [0.29, 0.717) is 28.3 Å². The van der Waals surface area contributed by atoms with E-state index in [-0.39, 0.29) is 34.1 Å². The van der Waals surface area contributed by atoms with Crippen LogP contribution in [0.3, 0.4) is 0 Å². The SMILES string of the molecule is CCOC(=O)c1sc(N2C(=O)C(=O)C(=C(O)c3ccc4c(c3)C[C@H](C)O4)[C@@H]2c2cccc(Cl)c2)nc1C. The van der Waals surface area contributed by atoms with Gasteiger partial charge in [0.15, 0.2) is 5.13 Å². The number of aliphatic hydroxyl groups excluding tert-OH is 1. The first-order valence-electron chi connectivity index (χ1n) is 11.7. The van der Waals surface area contributed by atoms with Crippen molar-refractivity contribution in [3.8, 4) is 5.75 Å². The molecule has 0 saturated carbocycles. The zero-order valence-electron chi connectivity index (χ0n) is 20.3. The van der Waals surface area contributed by atoms with Crippen molar-refractivity contribution in [3.63, 3.8) is 0 Å². The molecule has 1 saturated heterocycles. The number of thiazole rings is 1. The fourth-order valence-electron chi connectivity index (χ4n) is 4.62. The summed E-state index contributed by atoms with van der Waals surface area (Å²) in [7, 11) is 0. The van der Waals surface area contributed by atoms with E-state index in [0.717, 1.165) is 22.6 Å². The standard InChI is InChI=1S/C27H23ClN2O6S/c1-4-35-26(34)24-14(3)29-27(37-24)30-21(15-6-5-7-18(28)12-15)20(23(32)25(30)33)22(31)16-8-9-19-17(11-16)10-13(2)36-19/h5-9,11-13,21,31H,4,10H2,1-3H3/t13-,21-/m0/s1. The molecule has 3 heterocycles. The number of carbonyl (C=O) groups is 3. The van der Waals surface area contributed by atoms with Crippen LogP contribution in [-0.2, 0) is 20.7 Å². The number of aryl methyl sites for hydroxylation is 1. The Morgan fingerprint density at radius 1 is 1.27 bits per heavy atom. The largest absolute Gasteiger partial charge is 0.507 e. The quantitative estimate of drug-likeness (QED) is 0.205. The molecule has 3 aromatic rings. The second-order valence-electron chi connectivity index (χ2n) is 8.81. The number of esters is 1. The molecule has 190 valence electrons. The van der Waals surface area contributed by atoms with E-state index in [4.69, 9.17) is 21.1 Å². The lowest BCUT2D eigenvalue weighted by molar-refractivity contribution is -0.132. The van der Waals surface area contributed by atoms with E-state index in [9.17, 15) is 19.5 Å². The van der Waals surface area contributed by atoms with Crippen molar-refractivity contribution >= 4 is 51.5 Å².